The molecule has 2 atom stereocenters. The van der Waals surface area contributed by atoms with E-state index in [9.17, 15) is 19.8 Å². The number of carbonyl (C=O) groups is 2. The molecule has 4 N–H and O–H groups in total. The predicted octanol–water partition coefficient (Wildman–Crippen LogP) is -0.0424. The summed E-state index contributed by atoms with van der Waals surface area (Å²) in [6.07, 6.45) is -1.90. The molecule has 1 aromatic heterocycles. The van der Waals surface area contributed by atoms with Crippen LogP contribution in [0.15, 0.2) is 24.3 Å². The molecule has 0 spiro atoms. The minimum Gasteiger partial charge on any atom is -0.388 e. The third kappa shape index (κ3) is 2.90. The van der Waals surface area contributed by atoms with E-state index >= 15 is 0 Å². The molecule has 2 heterocycles. The van der Waals surface area contributed by atoms with Crippen molar-refractivity contribution in [2.24, 2.45) is 5.73 Å². The highest BCUT2D eigenvalue weighted by atomic mass is 35.5. The van der Waals surface area contributed by atoms with Crippen LogP contribution < -0.4 is 5.73 Å². The number of benzene rings is 1. The first-order chi connectivity index (χ1) is 10.9. The lowest BCUT2D eigenvalue weighted by Crippen LogP contribution is -2.33. The zero-order valence-electron chi connectivity index (χ0n) is 12.1. The van der Waals surface area contributed by atoms with Crippen LogP contribution in [0.4, 0.5) is 0 Å². The Morgan fingerprint density at radius 3 is 2.48 bits per heavy atom. The molecule has 1 fully saturated rings. The number of primary amides is 1. The zero-order chi connectivity index (χ0) is 16.7. The van der Waals surface area contributed by atoms with Gasteiger partial charge >= 0.3 is 0 Å². The Hall–Kier alpha value is -2.09. The molecule has 0 radical (unpaired) electrons. The molecule has 1 aromatic carbocycles. The summed E-state index contributed by atoms with van der Waals surface area (Å²) < 4.78 is 1.52. The van der Waals surface area contributed by atoms with Gasteiger partial charge in [-0.3, -0.25) is 9.59 Å². The number of aromatic nitrogens is 1. The van der Waals surface area contributed by atoms with Gasteiger partial charge in [0.2, 0.25) is 5.91 Å². The van der Waals surface area contributed by atoms with Gasteiger partial charge in [-0.25, -0.2) is 0 Å². The van der Waals surface area contributed by atoms with E-state index in [1.165, 1.54) is 9.47 Å². The Bertz CT molecular complexity index is 778. The van der Waals surface area contributed by atoms with Gasteiger partial charge in [-0.05, 0) is 24.3 Å². The number of halogens is 1. The predicted molar refractivity (Wildman–Crippen MR) is 84.1 cm³/mol. The van der Waals surface area contributed by atoms with Gasteiger partial charge in [0.15, 0.2) is 0 Å². The van der Waals surface area contributed by atoms with Crippen LogP contribution in [0.3, 0.4) is 0 Å². The molecule has 2 aromatic rings. The Balaban J connectivity index is 1.94. The fourth-order valence-electron chi connectivity index (χ4n) is 2.82. The minimum atomic E-state index is -0.949. The lowest BCUT2D eigenvalue weighted by Gasteiger charge is -2.17. The average molecular weight is 338 g/mol. The van der Waals surface area contributed by atoms with Crippen molar-refractivity contribution in [2.45, 2.75) is 18.8 Å². The Morgan fingerprint density at radius 1 is 1.22 bits per heavy atom. The maximum absolute atomic E-state index is 12.4. The van der Waals surface area contributed by atoms with E-state index in [2.05, 4.69) is 0 Å². The van der Waals surface area contributed by atoms with Crippen LogP contribution in [0.25, 0.3) is 10.9 Å². The largest absolute Gasteiger partial charge is 0.388 e. The van der Waals surface area contributed by atoms with Gasteiger partial charge in [0, 0.05) is 29.0 Å². The number of carbonyl (C=O) groups excluding carboxylic acids is 2. The molecule has 0 saturated carbocycles. The highest BCUT2D eigenvalue weighted by Gasteiger charge is 2.32. The standard InChI is InChI=1S/C15H16ClN3O4/c16-9-1-2-10-8(3-9)4-11(15(17)23)19(10)7-14(22)18-5-12(20)13(21)6-18/h1-4,12-13,20-21H,5-7H2,(H2,17,23)/t12-,13+. The number of fused-ring (bicyclic) bond motifs is 1. The molecule has 23 heavy (non-hydrogen) atoms. The fourth-order valence-corrected chi connectivity index (χ4v) is 3.01. The summed E-state index contributed by atoms with van der Waals surface area (Å²) in [4.78, 5) is 25.4. The van der Waals surface area contributed by atoms with Crippen molar-refractivity contribution in [1.29, 1.82) is 0 Å². The van der Waals surface area contributed by atoms with E-state index in [1.807, 2.05) is 0 Å². The van der Waals surface area contributed by atoms with Crippen molar-refractivity contribution in [2.75, 3.05) is 13.1 Å². The SMILES string of the molecule is NC(=O)c1cc2cc(Cl)ccc2n1CC(=O)N1C[C@@H](O)[C@@H](O)C1. The second-order valence-corrected chi connectivity index (χ2v) is 6.05. The number of hydrogen-bond donors (Lipinski definition) is 3. The Labute approximate surface area is 136 Å². The highest BCUT2D eigenvalue weighted by Crippen LogP contribution is 2.24. The van der Waals surface area contributed by atoms with Crippen molar-refractivity contribution < 1.29 is 19.8 Å². The van der Waals surface area contributed by atoms with Crippen LogP contribution in [-0.2, 0) is 11.3 Å². The molecule has 2 amide bonds. The first kappa shape index (κ1) is 15.8. The van der Waals surface area contributed by atoms with E-state index in [4.69, 9.17) is 17.3 Å². The number of hydrogen-bond acceptors (Lipinski definition) is 4. The summed E-state index contributed by atoms with van der Waals surface area (Å²) in [6.45, 7) is 0.0245. The second kappa shape index (κ2) is 5.84. The molecule has 1 aliphatic rings. The molecule has 3 rings (SSSR count). The van der Waals surface area contributed by atoms with Gasteiger partial charge in [0.25, 0.3) is 5.91 Å². The Kier molecular flexibility index (Phi) is 4.01. The summed E-state index contributed by atoms with van der Waals surface area (Å²) in [5.41, 5.74) is 6.26. The first-order valence-corrected chi connectivity index (χ1v) is 7.47. The molecular formula is C15H16ClN3O4. The zero-order valence-corrected chi connectivity index (χ0v) is 12.9. The number of amides is 2. The van der Waals surface area contributed by atoms with E-state index in [1.54, 1.807) is 24.3 Å². The third-order valence-corrected chi connectivity index (χ3v) is 4.26. The van der Waals surface area contributed by atoms with Crippen LogP contribution in [0.2, 0.25) is 5.02 Å². The van der Waals surface area contributed by atoms with Gasteiger partial charge in [-0.2, -0.15) is 0 Å². The normalized spacial score (nSPS) is 21.1. The number of β-amino-alcohol motifs (C(OH)–C–C–N with tert-alkyl or cyclic N) is 2. The number of aliphatic hydroxyl groups is 2. The number of aliphatic hydroxyl groups excluding tert-OH is 2. The topological polar surface area (TPSA) is 109 Å². The van der Waals surface area contributed by atoms with Crippen LogP contribution in [0.1, 0.15) is 10.5 Å². The fraction of sp³-hybridized carbons (Fsp3) is 0.333. The van der Waals surface area contributed by atoms with Crippen LogP contribution in [0, 0.1) is 0 Å². The van der Waals surface area contributed by atoms with Gasteiger partial charge in [-0.15, -0.1) is 0 Å². The smallest absolute Gasteiger partial charge is 0.265 e. The van der Waals surface area contributed by atoms with Crippen molar-refractivity contribution in [3.8, 4) is 0 Å². The van der Waals surface area contributed by atoms with Gasteiger partial charge < -0.3 is 25.4 Å². The summed E-state index contributed by atoms with van der Waals surface area (Å²) in [6, 6.07) is 6.65. The van der Waals surface area contributed by atoms with Gasteiger partial charge in [-0.1, -0.05) is 11.6 Å². The monoisotopic (exact) mass is 337 g/mol. The van der Waals surface area contributed by atoms with Gasteiger partial charge in [0.05, 0.1) is 12.2 Å². The minimum absolute atomic E-state index is 0.0664. The summed E-state index contributed by atoms with van der Waals surface area (Å²) in [7, 11) is 0. The van der Waals surface area contributed by atoms with Gasteiger partial charge in [0.1, 0.15) is 12.2 Å². The molecule has 8 heteroatoms. The van der Waals surface area contributed by atoms with Crippen LogP contribution in [0.5, 0.6) is 0 Å². The van der Waals surface area contributed by atoms with E-state index in [0.29, 0.717) is 15.9 Å². The lowest BCUT2D eigenvalue weighted by atomic mass is 10.2. The molecule has 0 unspecified atom stereocenters. The van der Waals surface area contributed by atoms with Crippen molar-refractivity contribution in [1.82, 2.24) is 9.47 Å². The van der Waals surface area contributed by atoms with Crippen molar-refractivity contribution in [3.63, 3.8) is 0 Å². The average Bonchev–Trinajstić information content (AvgIpc) is 3.00. The van der Waals surface area contributed by atoms with E-state index in [0.717, 1.165) is 0 Å². The molecular weight excluding hydrogens is 322 g/mol. The second-order valence-electron chi connectivity index (χ2n) is 5.62. The molecule has 7 nitrogen and oxygen atoms in total. The summed E-state index contributed by atoms with van der Waals surface area (Å²) in [5, 5.41) is 20.3. The summed E-state index contributed by atoms with van der Waals surface area (Å²) in [5.74, 6) is -0.956. The lowest BCUT2D eigenvalue weighted by molar-refractivity contribution is -0.131. The van der Waals surface area contributed by atoms with Crippen molar-refractivity contribution in [3.05, 3.63) is 35.0 Å². The highest BCUT2D eigenvalue weighted by molar-refractivity contribution is 6.31. The maximum atomic E-state index is 12.4. The number of likely N-dealkylation sites (tertiary alicyclic amines) is 1. The van der Waals surface area contributed by atoms with E-state index in [-0.39, 0.29) is 31.2 Å². The molecule has 0 aliphatic carbocycles. The first-order valence-electron chi connectivity index (χ1n) is 7.09. The number of nitrogens with zero attached hydrogens (tertiary/aromatic N) is 2. The van der Waals surface area contributed by atoms with Crippen LogP contribution in [-0.4, -0.2) is 56.8 Å². The molecule has 122 valence electrons. The summed E-state index contributed by atoms with van der Waals surface area (Å²) >= 11 is 5.95. The van der Waals surface area contributed by atoms with Crippen molar-refractivity contribution >= 4 is 34.3 Å². The third-order valence-electron chi connectivity index (χ3n) is 4.02. The number of rotatable bonds is 3. The molecule has 0 bridgehead atoms. The molecule has 1 aliphatic heterocycles. The Morgan fingerprint density at radius 2 is 1.87 bits per heavy atom. The maximum Gasteiger partial charge on any atom is 0.265 e. The quantitative estimate of drug-likeness (QED) is 0.730. The number of nitrogens with two attached hydrogens (primary N) is 1. The van der Waals surface area contributed by atoms with E-state index < -0.39 is 18.1 Å². The molecule has 1 saturated heterocycles. The van der Waals surface area contributed by atoms with Crippen LogP contribution >= 0.6 is 11.6 Å².